The topological polar surface area (TPSA) is 370 Å². The summed E-state index contributed by atoms with van der Waals surface area (Å²) in [5.74, 6) is -12.5. The summed E-state index contributed by atoms with van der Waals surface area (Å²) in [7, 11) is 0. The predicted octanol–water partition coefficient (Wildman–Crippen LogP) is -4.07. The zero-order chi connectivity index (χ0) is 41.0. The second kappa shape index (κ2) is 24.3. The molecule has 0 heterocycles. The van der Waals surface area contributed by atoms with Crippen molar-refractivity contribution < 1.29 is 73.5 Å². The van der Waals surface area contributed by atoms with Crippen LogP contribution in [0.1, 0.15) is 59.3 Å². The molecule has 0 fully saturated rings. The number of hydrogen-bond acceptors (Lipinski definition) is 13. The molecule has 7 atom stereocenters. The van der Waals surface area contributed by atoms with Gasteiger partial charge in [0, 0.05) is 12.8 Å². The Kier molecular flexibility index (Phi) is 22.0. The standard InChI is InChI=1S/C30H49N7O15S/c1-13(2)23(28(49)34-17(9-10-53-4)26(47)35-18(30(51)52)11-22(44)45)37-27(48)16(6-8-21(42)43)32-25(46)15(5-7-20(40)41)33-29(50)24(14(3)38)36-19(39)12-31/h13-18,23-24,38H,5-12,31H2,1-4H3,(H,32,46)(H,33,50)(H,34,49)(H,35,47)(H,36,39)(H,37,48)(H,40,41)(H,42,43)(H,44,45)(H,51,52)/t14-,15+,16+,17+,18+,23+,24+/m1/s1. The monoisotopic (exact) mass is 779 g/mol. The molecule has 0 aromatic heterocycles. The van der Waals surface area contributed by atoms with Crippen LogP contribution in [0, 0.1) is 5.92 Å². The molecule has 13 N–H and O–H groups in total. The smallest absolute Gasteiger partial charge is 0.326 e. The lowest BCUT2D eigenvalue weighted by molar-refractivity contribution is -0.147. The van der Waals surface area contributed by atoms with Crippen LogP contribution in [0.2, 0.25) is 0 Å². The van der Waals surface area contributed by atoms with Crippen LogP contribution in [0.15, 0.2) is 0 Å². The molecule has 0 radical (unpaired) electrons. The number of thioether (sulfide) groups is 1. The fourth-order valence-electron chi connectivity index (χ4n) is 4.45. The fourth-order valence-corrected chi connectivity index (χ4v) is 4.92. The third kappa shape index (κ3) is 18.9. The van der Waals surface area contributed by atoms with Gasteiger partial charge in [-0.15, -0.1) is 0 Å². The van der Waals surface area contributed by atoms with E-state index in [0.717, 1.165) is 6.92 Å². The summed E-state index contributed by atoms with van der Waals surface area (Å²) in [5.41, 5.74) is 5.24. The number of hydrogen-bond donors (Lipinski definition) is 12. The first kappa shape index (κ1) is 48.0. The summed E-state index contributed by atoms with van der Waals surface area (Å²) >= 11 is 1.28. The maximum atomic E-state index is 13.5. The van der Waals surface area contributed by atoms with E-state index in [2.05, 4.69) is 31.9 Å². The van der Waals surface area contributed by atoms with Crippen LogP contribution >= 0.6 is 11.8 Å². The van der Waals surface area contributed by atoms with E-state index in [9.17, 15) is 68.4 Å². The van der Waals surface area contributed by atoms with Crippen molar-refractivity contribution in [2.24, 2.45) is 11.7 Å². The van der Waals surface area contributed by atoms with Crippen molar-refractivity contribution >= 4 is 71.1 Å². The third-order valence-corrected chi connectivity index (χ3v) is 7.95. The van der Waals surface area contributed by atoms with E-state index >= 15 is 0 Å². The molecule has 6 amide bonds. The van der Waals surface area contributed by atoms with Gasteiger partial charge in [-0.25, -0.2) is 4.79 Å². The van der Waals surface area contributed by atoms with E-state index in [4.69, 9.17) is 10.8 Å². The highest BCUT2D eigenvalue weighted by atomic mass is 32.2. The van der Waals surface area contributed by atoms with Crippen molar-refractivity contribution in [3.8, 4) is 0 Å². The van der Waals surface area contributed by atoms with Crippen LogP contribution in [-0.2, 0) is 47.9 Å². The van der Waals surface area contributed by atoms with Crippen molar-refractivity contribution in [3.63, 3.8) is 0 Å². The zero-order valence-electron chi connectivity index (χ0n) is 29.6. The molecule has 53 heavy (non-hydrogen) atoms. The summed E-state index contributed by atoms with van der Waals surface area (Å²) in [6.45, 7) is 3.58. The van der Waals surface area contributed by atoms with Gasteiger partial charge in [0.2, 0.25) is 35.4 Å². The normalized spacial score (nSPS) is 14.8. The molecule has 0 aliphatic heterocycles. The number of aliphatic hydroxyl groups excluding tert-OH is 1. The molecule has 0 aromatic carbocycles. The summed E-state index contributed by atoms with van der Waals surface area (Å²) in [4.78, 5) is 123. The minimum absolute atomic E-state index is 0.0382. The average molecular weight is 780 g/mol. The van der Waals surface area contributed by atoms with Gasteiger partial charge in [-0.1, -0.05) is 13.8 Å². The SMILES string of the molecule is CSCC[C@H](NC(=O)[C@@H](NC(=O)[C@H](CCC(=O)O)NC(=O)[C@H](CCC(=O)O)NC(=O)[C@@H](NC(=O)CN)[C@@H](C)O)C(C)C)C(=O)N[C@@H](CC(=O)O)C(=O)O. The highest BCUT2D eigenvalue weighted by molar-refractivity contribution is 7.98. The van der Waals surface area contributed by atoms with Gasteiger partial charge >= 0.3 is 23.9 Å². The molecule has 23 heteroatoms. The Balaban J connectivity index is 6.30. The quantitative estimate of drug-likeness (QED) is 0.0397. The lowest BCUT2D eigenvalue weighted by Crippen LogP contribution is -2.61. The molecule has 0 spiro atoms. The number of nitrogens with two attached hydrogens (primary N) is 1. The minimum atomic E-state index is -1.82. The second-order valence-corrected chi connectivity index (χ2v) is 13.0. The largest absolute Gasteiger partial charge is 0.481 e. The van der Waals surface area contributed by atoms with E-state index in [1.54, 1.807) is 6.26 Å². The molecular weight excluding hydrogens is 730 g/mol. The van der Waals surface area contributed by atoms with E-state index in [-0.39, 0.29) is 12.2 Å². The van der Waals surface area contributed by atoms with E-state index in [1.165, 1.54) is 25.6 Å². The van der Waals surface area contributed by atoms with Crippen molar-refractivity contribution in [2.75, 3.05) is 18.6 Å². The molecule has 0 saturated heterocycles. The molecule has 0 aliphatic carbocycles. The van der Waals surface area contributed by atoms with Gasteiger partial charge in [0.25, 0.3) is 0 Å². The van der Waals surface area contributed by atoms with Gasteiger partial charge in [0.15, 0.2) is 0 Å². The minimum Gasteiger partial charge on any atom is -0.481 e. The first-order valence-electron chi connectivity index (χ1n) is 16.2. The van der Waals surface area contributed by atoms with E-state index in [1.807, 2.05) is 0 Å². The Bertz CT molecular complexity index is 1350. The predicted molar refractivity (Wildman–Crippen MR) is 184 cm³/mol. The average Bonchev–Trinajstić information content (AvgIpc) is 3.06. The second-order valence-electron chi connectivity index (χ2n) is 12.0. The van der Waals surface area contributed by atoms with Gasteiger partial charge in [0.1, 0.15) is 36.3 Å². The van der Waals surface area contributed by atoms with E-state index < -0.39 is 146 Å². The Morgan fingerprint density at radius 2 is 0.981 bits per heavy atom. The number of carboxylic acid groups (broad SMARTS) is 4. The summed E-state index contributed by atoms with van der Waals surface area (Å²) in [6.07, 6.45) is -3.28. The van der Waals surface area contributed by atoms with Crippen molar-refractivity contribution in [3.05, 3.63) is 0 Å². The first-order chi connectivity index (χ1) is 24.6. The number of carbonyl (C=O) groups is 10. The molecule has 0 saturated carbocycles. The molecule has 0 rings (SSSR count). The number of aliphatic hydroxyl groups is 1. The Morgan fingerprint density at radius 3 is 1.36 bits per heavy atom. The fraction of sp³-hybridized carbons (Fsp3) is 0.667. The van der Waals surface area contributed by atoms with Crippen molar-refractivity contribution in [1.82, 2.24) is 31.9 Å². The van der Waals surface area contributed by atoms with Gasteiger partial charge in [-0.05, 0) is 44.1 Å². The number of aliphatic carboxylic acids is 4. The first-order valence-corrected chi connectivity index (χ1v) is 17.6. The molecule has 22 nitrogen and oxygen atoms in total. The number of amides is 6. The van der Waals surface area contributed by atoms with Gasteiger partial charge < -0.3 is 63.2 Å². The van der Waals surface area contributed by atoms with Crippen LogP contribution in [0.25, 0.3) is 0 Å². The van der Waals surface area contributed by atoms with Crippen LogP contribution in [0.4, 0.5) is 0 Å². The van der Waals surface area contributed by atoms with E-state index in [0.29, 0.717) is 0 Å². The highest BCUT2D eigenvalue weighted by Gasteiger charge is 2.35. The summed E-state index contributed by atoms with van der Waals surface area (Å²) in [5, 5.41) is 60.2. The van der Waals surface area contributed by atoms with Crippen molar-refractivity contribution in [2.45, 2.75) is 102 Å². The highest BCUT2D eigenvalue weighted by Crippen LogP contribution is 2.10. The maximum Gasteiger partial charge on any atom is 0.326 e. The molecule has 0 unspecified atom stereocenters. The molecule has 300 valence electrons. The number of rotatable bonds is 26. The summed E-state index contributed by atoms with van der Waals surface area (Å²) < 4.78 is 0. The number of carboxylic acids is 4. The maximum absolute atomic E-state index is 13.5. The van der Waals surface area contributed by atoms with Gasteiger partial charge in [-0.3, -0.25) is 43.2 Å². The molecular formula is C30H49N7O15S. The van der Waals surface area contributed by atoms with Crippen LogP contribution in [0.3, 0.4) is 0 Å². The van der Waals surface area contributed by atoms with Crippen LogP contribution in [-0.4, -0.2) is 146 Å². The molecule has 0 aromatic rings. The molecule has 0 bridgehead atoms. The Hall–Kier alpha value is -5.03. The third-order valence-electron chi connectivity index (χ3n) is 7.31. The molecule has 0 aliphatic rings. The Labute approximate surface area is 308 Å². The van der Waals surface area contributed by atoms with Gasteiger partial charge in [0.05, 0.1) is 19.1 Å². The number of nitrogens with one attached hydrogen (secondary N) is 6. The summed E-state index contributed by atoms with van der Waals surface area (Å²) in [6, 6.07) is -9.65. The van der Waals surface area contributed by atoms with Gasteiger partial charge in [-0.2, -0.15) is 11.8 Å². The van der Waals surface area contributed by atoms with Crippen molar-refractivity contribution in [1.29, 1.82) is 0 Å². The van der Waals surface area contributed by atoms with Crippen LogP contribution < -0.4 is 37.6 Å². The zero-order valence-corrected chi connectivity index (χ0v) is 30.4. The lowest BCUT2D eigenvalue weighted by Gasteiger charge is -2.28. The van der Waals surface area contributed by atoms with Crippen LogP contribution in [0.5, 0.6) is 0 Å². The Morgan fingerprint density at radius 1 is 0.566 bits per heavy atom. The lowest BCUT2D eigenvalue weighted by atomic mass is 10.0. The number of carbonyl (C=O) groups excluding carboxylic acids is 6.